The summed E-state index contributed by atoms with van der Waals surface area (Å²) in [6.45, 7) is 2.77. The van der Waals surface area contributed by atoms with Gasteiger partial charge >= 0.3 is 0 Å². The minimum absolute atomic E-state index is 0.0542. The molecule has 2 atom stereocenters. The zero-order valence-corrected chi connectivity index (χ0v) is 17.0. The summed E-state index contributed by atoms with van der Waals surface area (Å²) in [7, 11) is 0. The van der Waals surface area contributed by atoms with Gasteiger partial charge in [0.2, 0.25) is 0 Å². The van der Waals surface area contributed by atoms with Crippen LogP contribution in [0, 0.1) is 5.92 Å². The molecular weight excluding hydrogens is 376 g/mol. The third-order valence-corrected chi connectivity index (χ3v) is 6.94. The highest BCUT2D eigenvalue weighted by Gasteiger charge is 2.38. The Hall–Kier alpha value is -2.95. The molecule has 2 unspecified atom stereocenters. The number of nitrogens with zero attached hydrogens (tertiary/aromatic N) is 2. The number of hydrogen-bond donors (Lipinski definition) is 1. The van der Waals surface area contributed by atoms with E-state index in [2.05, 4.69) is 54.4 Å². The third-order valence-electron chi connectivity index (χ3n) is 5.79. The Morgan fingerprint density at radius 2 is 1.69 bits per heavy atom. The normalized spacial score (nSPS) is 14.8. The van der Waals surface area contributed by atoms with Crippen LogP contribution in [0.4, 0.5) is 0 Å². The number of aliphatic hydroxyl groups is 1. The van der Waals surface area contributed by atoms with Crippen molar-refractivity contribution in [2.75, 3.05) is 0 Å². The Morgan fingerprint density at radius 1 is 0.931 bits per heavy atom. The van der Waals surface area contributed by atoms with E-state index >= 15 is 0 Å². The van der Waals surface area contributed by atoms with Gasteiger partial charge in [-0.05, 0) is 29.3 Å². The smallest absolute Gasteiger partial charge is 0.119 e. The zero-order chi connectivity index (χ0) is 19.8. The molecule has 3 nitrogen and oxygen atoms in total. The van der Waals surface area contributed by atoms with Gasteiger partial charge in [-0.2, -0.15) is 0 Å². The maximum atomic E-state index is 12.2. The molecule has 0 bridgehead atoms. The molecule has 0 aliphatic heterocycles. The van der Waals surface area contributed by atoms with E-state index < -0.39 is 5.60 Å². The van der Waals surface area contributed by atoms with E-state index in [-0.39, 0.29) is 5.92 Å². The van der Waals surface area contributed by atoms with E-state index in [1.165, 1.54) is 20.2 Å². The fourth-order valence-corrected chi connectivity index (χ4v) is 5.32. The summed E-state index contributed by atoms with van der Waals surface area (Å²) < 4.78 is 4.54. The van der Waals surface area contributed by atoms with Crippen molar-refractivity contribution in [2.24, 2.45) is 5.92 Å². The predicted molar refractivity (Wildman–Crippen MR) is 120 cm³/mol. The lowest BCUT2D eigenvalue weighted by Gasteiger charge is -2.35. The molecule has 0 amide bonds. The molecule has 2 heterocycles. The minimum Gasteiger partial charge on any atom is -0.380 e. The van der Waals surface area contributed by atoms with Crippen molar-refractivity contribution >= 4 is 31.5 Å². The molecule has 3 aromatic carbocycles. The topological polar surface area (TPSA) is 38.0 Å². The fraction of sp³-hybridized carbons (Fsp3) is 0.160. The Kier molecular flexibility index (Phi) is 4.46. The van der Waals surface area contributed by atoms with Gasteiger partial charge < -0.3 is 9.67 Å². The van der Waals surface area contributed by atoms with Crippen LogP contribution < -0.4 is 0 Å². The summed E-state index contributed by atoms with van der Waals surface area (Å²) >= 11 is 1.79. The number of rotatable bonds is 5. The van der Waals surface area contributed by atoms with Gasteiger partial charge in [0.1, 0.15) is 5.60 Å². The van der Waals surface area contributed by atoms with Gasteiger partial charge in [0.15, 0.2) is 0 Å². The van der Waals surface area contributed by atoms with Crippen molar-refractivity contribution in [3.05, 3.63) is 103 Å². The van der Waals surface area contributed by atoms with Crippen LogP contribution >= 0.6 is 11.3 Å². The summed E-state index contributed by atoms with van der Waals surface area (Å²) in [5, 5.41) is 14.6. The van der Waals surface area contributed by atoms with Crippen molar-refractivity contribution < 1.29 is 5.11 Å². The highest BCUT2D eigenvalue weighted by atomic mass is 32.1. The number of fused-ring (bicyclic) bond motifs is 3. The second-order valence-corrected chi connectivity index (χ2v) is 8.69. The van der Waals surface area contributed by atoms with Gasteiger partial charge in [0.25, 0.3) is 0 Å². The van der Waals surface area contributed by atoms with Crippen LogP contribution in [0.1, 0.15) is 18.1 Å². The van der Waals surface area contributed by atoms with Crippen molar-refractivity contribution in [1.82, 2.24) is 9.55 Å². The molecule has 0 fully saturated rings. The van der Waals surface area contributed by atoms with Gasteiger partial charge in [-0.1, -0.05) is 61.5 Å². The standard InChI is InChI=1S/C25H22N2OS/c1-18(16-27-14-13-26-17-27)25(28,19-7-3-2-4-8-19)20-11-12-24-22(15-20)21-9-5-6-10-23(21)29-24/h2-15,17-18,28H,16H2,1H3. The van der Waals surface area contributed by atoms with Gasteiger partial charge in [-0.15, -0.1) is 11.3 Å². The summed E-state index contributed by atoms with van der Waals surface area (Å²) in [6, 6.07) is 24.9. The molecule has 0 radical (unpaired) electrons. The minimum atomic E-state index is -1.11. The van der Waals surface area contributed by atoms with Gasteiger partial charge in [0, 0.05) is 45.0 Å². The molecule has 0 saturated carbocycles. The van der Waals surface area contributed by atoms with Crippen LogP contribution in [-0.4, -0.2) is 14.7 Å². The highest BCUT2D eigenvalue weighted by Crippen LogP contribution is 2.41. The van der Waals surface area contributed by atoms with E-state index in [1.807, 2.05) is 41.1 Å². The van der Waals surface area contributed by atoms with Crippen molar-refractivity contribution in [3.8, 4) is 0 Å². The summed E-state index contributed by atoms with van der Waals surface area (Å²) in [5.41, 5.74) is 0.724. The molecule has 5 aromatic rings. The molecule has 1 N–H and O–H groups in total. The Labute approximate surface area is 173 Å². The van der Waals surface area contributed by atoms with Gasteiger partial charge in [-0.25, -0.2) is 4.98 Å². The number of benzene rings is 3. The summed E-state index contributed by atoms with van der Waals surface area (Å²) in [5.74, 6) is -0.0542. The Balaban J connectivity index is 1.69. The number of hydrogen-bond acceptors (Lipinski definition) is 3. The van der Waals surface area contributed by atoms with Crippen LogP contribution in [0.15, 0.2) is 91.5 Å². The molecule has 2 aromatic heterocycles. The Bertz CT molecular complexity index is 1260. The van der Waals surface area contributed by atoms with Crippen molar-refractivity contribution in [1.29, 1.82) is 0 Å². The largest absolute Gasteiger partial charge is 0.380 e. The Morgan fingerprint density at radius 3 is 2.48 bits per heavy atom. The molecule has 29 heavy (non-hydrogen) atoms. The first-order valence-corrected chi connectivity index (χ1v) is 10.6. The van der Waals surface area contributed by atoms with Crippen molar-refractivity contribution in [3.63, 3.8) is 0 Å². The van der Waals surface area contributed by atoms with Gasteiger partial charge in [-0.3, -0.25) is 0 Å². The van der Waals surface area contributed by atoms with Crippen LogP contribution in [0.2, 0.25) is 0 Å². The summed E-state index contributed by atoms with van der Waals surface area (Å²) in [6.07, 6.45) is 5.52. The average Bonchev–Trinajstić information content (AvgIpc) is 3.40. The molecule has 144 valence electrons. The molecule has 0 spiro atoms. The van der Waals surface area contributed by atoms with Crippen molar-refractivity contribution in [2.45, 2.75) is 19.1 Å². The maximum absolute atomic E-state index is 12.2. The lowest BCUT2D eigenvalue weighted by molar-refractivity contribution is 0.0166. The highest BCUT2D eigenvalue weighted by molar-refractivity contribution is 7.25. The second kappa shape index (κ2) is 7.14. The molecule has 0 saturated heterocycles. The lowest BCUT2D eigenvalue weighted by Crippen LogP contribution is -2.37. The second-order valence-electron chi connectivity index (χ2n) is 7.60. The summed E-state index contributed by atoms with van der Waals surface area (Å²) in [4.78, 5) is 4.15. The quantitative estimate of drug-likeness (QED) is 0.405. The van der Waals surface area contributed by atoms with E-state index in [4.69, 9.17) is 0 Å². The van der Waals surface area contributed by atoms with Crippen LogP contribution in [0.5, 0.6) is 0 Å². The lowest BCUT2D eigenvalue weighted by atomic mass is 9.76. The molecule has 0 aliphatic rings. The zero-order valence-electron chi connectivity index (χ0n) is 16.2. The number of aromatic nitrogens is 2. The van der Waals surface area contributed by atoms with Crippen LogP contribution in [-0.2, 0) is 12.1 Å². The van der Waals surface area contributed by atoms with Crippen LogP contribution in [0.25, 0.3) is 20.2 Å². The van der Waals surface area contributed by atoms with Gasteiger partial charge in [0.05, 0.1) is 6.33 Å². The van der Waals surface area contributed by atoms with E-state index in [9.17, 15) is 5.11 Å². The average molecular weight is 399 g/mol. The maximum Gasteiger partial charge on any atom is 0.119 e. The third kappa shape index (κ3) is 3.05. The van der Waals surface area contributed by atoms with E-state index in [0.29, 0.717) is 6.54 Å². The van der Waals surface area contributed by atoms with Crippen LogP contribution in [0.3, 0.4) is 0 Å². The molecule has 4 heteroatoms. The van der Waals surface area contributed by atoms with E-state index in [0.717, 1.165) is 11.1 Å². The first kappa shape index (κ1) is 18.1. The first-order valence-electron chi connectivity index (χ1n) is 9.81. The molecule has 0 aliphatic carbocycles. The molecular formula is C25H22N2OS. The monoisotopic (exact) mass is 398 g/mol. The fourth-order valence-electron chi connectivity index (χ4n) is 4.23. The number of thiophene rings is 1. The van der Waals surface area contributed by atoms with E-state index in [1.54, 1.807) is 23.9 Å². The first-order chi connectivity index (χ1) is 14.2. The SMILES string of the molecule is CC(Cn1ccnc1)C(O)(c1ccccc1)c1ccc2sc3ccccc3c2c1. The molecule has 5 rings (SSSR count). The predicted octanol–water partition coefficient (Wildman–Crippen LogP) is 5.82. The number of imidazole rings is 1.